The third kappa shape index (κ3) is 5.66. The predicted molar refractivity (Wildman–Crippen MR) is 113 cm³/mol. The van der Waals surface area contributed by atoms with E-state index in [1.54, 1.807) is 35.5 Å². The molecule has 0 radical (unpaired) electrons. The molecular weight excluding hydrogens is 458 g/mol. The summed E-state index contributed by atoms with van der Waals surface area (Å²) in [5.74, 6) is -1.04. The summed E-state index contributed by atoms with van der Waals surface area (Å²) in [6, 6.07) is 14.2. The largest absolute Gasteiger partial charge is 0.447 e. The monoisotopic (exact) mass is 477 g/mol. The summed E-state index contributed by atoms with van der Waals surface area (Å²) in [7, 11) is 0. The van der Waals surface area contributed by atoms with Crippen molar-refractivity contribution in [3.8, 4) is 11.5 Å². The second kappa shape index (κ2) is 10.3. The minimum absolute atomic E-state index is 0.164. The number of benzene rings is 2. The number of aromatic nitrogens is 1. The van der Waals surface area contributed by atoms with Crippen LogP contribution in [0, 0.1) is 0 Å². The van der Waals surface area contributed by atoms with Gasteiger partial charge < -0.3 is 24.4 Å². The van der Waals surface area contributed by atoms with Gasteiger partial charge in [-0.2, -0.15) is 17.6 Å². The first-order chi connectivity index (χ1) is 16.4. The molecule has 2 heterocycles. The smallest absolute Gasteiger partial charge is 0.407 e. The number of alkyl halides is 4. The number of nitrogens with one attached hydrogen (secondary N) is 1. The van der Waals surface area contributed by atoms with Gasteiger partial charge in [0.15, 0.2) is 11.5 Å². The molecule has 4 rings (SSSR count). The maximum absolute atomic E-state index is 13.0. The number of ether oxygens (including phenoxy) is 3. The number of halogens is 4. The van der Waals surface area contributed by atoms with E-state index in [1.165, 1.54) is 12.1 Å². The van der Waals surface area contributed by atoms with E-state index in [0.29, 0.717) is 11.4 Å². The van der Waals surface area contributed by atoms with Gasteiger partial charge >= 0.3 is 19.3 Å². The predicted octanol–water partition coefficient (Wildman–Crippen LogP) is 5.40. The molecule has 1 fully saturated rings. The maximum atomic E-state index is 13.0. The van der Waals surface area contributed by atoms with Crippen LogP contribution in [-0.4, -0.2) is 30.9 Å². The zero-order valence-electron chi connectivity index (χ0n) is 17.5. The van der Waals surface area contributed by atoms with Crippen LogP contribution in [0.5, 0.6) is 11.5 Å². The van der Waals surface area contributed by atoms with Crippen LogP contribution in [-0.2, 0) is 11.3 Å². The average molecular weight is 477 g/mol. The molecule has 2 aromatic carbocycles. The van der Waals surface area contributed by atoms with Gasteiger partial charge in [-0.15, -0.1) is 0 Å². The third-order valence-electron chi connectivity index (χ3n) is 4.99. The zero-order valence-corrected chi connectivity index (χ0v) is 17.5. The lowest BCUT2D eigenvalue weighted by Gasteiger charge is -2.27. The maximum Gasteiger partial charge on any atom is 0.407 e. The van der Waals surface area contributed by atoms with E-state index < -0.39 is 30.8 Å². The molecule has 1 aliphatic rings. The van der Waals surface area contributed by atoms with Gasteiger partial charge in [0.05, 0.1) is 6.04 Å². The number of rotatable bonds is 9. The third-order valence-corrected chi connectivity index (χ3v) is 4.99. The Bertz CT molecular complexity index is 1130. The van der Waals surface area contributed by atoms with Crippen molar-refractivity contribution in [1.29, 1.82) is 0 Å². The van der Waals surface area contributed by atoms with Gasteiger partial charge in [0.25, 0.3) is 0 Å². The Morgan fingerprint density at radius 2 is 1.76 bits per heavy atom. The molecule has 34 heavy (non-hydrogen) atoms. The van der Waals surface area contributed by atoms with Crippen molar-refractivity contribution in [2.45, 2.75) is 25.8 Å². The minimum atomic E-state index is -3.24. The van der Waals surface area contributed by atoms with Gasteiger partial charge in [-0.3, -0.25) is 4.98 Å². The van der Waals surface area contributed by atoms with E-state index in [-0.39, 0.29) is 19.2 Å². The van der Waals surface area contributed by atoms with Gasteiger partial charge in [0.2, 0.25) is 0 Å². The first-order valence-electron chi connectivity index (χ1n) is 10.1. The molecule has 0 saturated carbocycles. The zero-order chi connectivity index (χ0) is 24.1. The van der Waals surface area contributed by atoms with E-state index in [4.69, 9.17) is 4.74 Å². The second-order valence-electron chi connectivity index (χ2n) is 7.23. The van der Waals surface area contributed by atoms with E-state index in [0.717, 1.165) is 17.2 Å². The first kappa shape index (κ1) is 23.1. The Balaban J connectivity index is 1.74. The Hall–Kier alpha value is -4.02. The van der Waals surface area contributed by atoms with Gasteiger partial charge in [-0.1, -0.05) is 18.2 Å². The fourth-order valence-corrected chi connectivity index (χ4v) is 3.53. The molecule has 1 amide bonds. The summed E-state index contributed by atoms with van der Waals surface area (Å²) in [6.07, 6.45) is 2.74. The highest BCUT2D eigenvalue weighted by molar-refractivity contribution is 5.71. The number of carbonyl (C=O) groups excluding carboxylic acids is 1. The number of pyridine rings is 1. The number of alkyl carbamates (subject to hydrolysis) is 1. The molecular formula is C23H19F4N3O4. The van der Waals surface area contributed by atoms with Crippen LogP contribution in [0.3, 0.4) is 0 Å². The fraction of sp³-hybridized carbons (Fsp3) is 0.217. The lowest BCUT2D eigenvalue weighted by atomic mass is 10.1. The SMILES string of the molecule is O=C1NC(c2cccc(N(Cc3cccnc3)c3ccc(OC(F)F)c(OC(F)F)c3)c2)CO1. The van der Waals surface area contributed by atoms with Crippen LogP contribution in [0.4, 0.5) is 33.7 Å². The number of amides is 1. The summed E-state index contributed by atoms with van der Waals surface area (Å²) in [6.45, 7) is -6.01. The van der Waals surface area contributed by atoms with Crippen molar-refractivity contribution < 1.29 is 36.6 Å². The lowest BCUT2D eigenvalue weighted by molar-refractivity contribution is -0.0692. The molecule has 1 aliphatic heterocycles. The van der Waals surface area contributed by atoms with Crippen molar-refractivity contribution in [1.82, 2.24) is 10.3 Å². The lowest BCUT2D eigenvalue weighted by Crippen LogP contribution is -2.20. The number of nitrogens with zero attached hydrogens (tertiary/aromatic N) is 2. The summed E-state index contributed by atoms with van der Waals surface area (Å²) in [5, 5.41) is 2.70. The summed E-state index contributed by atoms with van der Waals surface area (Å²) < 4.78 is 65.2. The fourth-order valence-electron chi connectivity index (χ4n) is 3.53. The molecule has 1 unspecified atom stereocenters. The number of hydrogen-bond acceptors (Lipinski definition) is 6. The van der Waals surface area contributed by atoms with Gasteiger partial charge in [0.1, 0.15) is 6.61 Å². The van der Waals surface area contributed by atoms with E-state index in [9.17, 15) is 22.4 Å². The van der Waals surface area contributed by atoms with Crippen LogP contribution in [0.2, 0.25) is 0 Å². The molecule has 1 aromatic heterocycles. The Labute approximate surface area is 191 Å². The molecule has 178 valence electrons. The van der Waals surface area contributed by atoms with Gasteiger partial charge in [-0.25, -0.2) is 4.79 Å². The molecule has 1 saturated heterocycles. The molecule has 1 atom stereocenters. The quantitative estimate of drug-likeness (QED) is 0.416. The van der Waals surface area contributed by atoms with Gasteiger partial charge in [0, 0.05) is 36.4 Å². The topological polar surface area (TPSA) is 72.9 Å². The van der Waals surface area contributed by atoms with Crippen LogP contribution < -0.4 is 19.7 Å². The Morgan fingerprint density at radius 3 is 2.44 bits per heavy atom. The average Bonchev–Trinajstić information content (AvgIpc) is 3.25. The molecule has 3 aromatic rings. The van der Waals surface area contributed by atoms with E-state index >= 15 is 0 Å². The van der Waals surface area contributed by atoms with Crippen molar-refractivity contribution in [3.05, 3.63) is 78.1 Å². The first-order valence-corrected chi connectivity index (χ1v) is 10.1. The van der Waals surface area contributed by atoms with Crippen molar-refractivity contribution >= 4 is 17.5 Å². The molecule has 0 bridgehead atoms. The van der Waals surface area contributed by atoms with Crippen LogP contribution in [0.15, 0.2) is 67.0 Å². The summed E-state index contributed by atoms with van der Waals surface area (Å²) >= 11 is 0. The number of hydrogen-bond donors (Lipinski definition) is 1. The van der Waals surface area contributed by atoms with Crippen LogP contribution in [0.25, 0.3) is 0 Å². The molecule has 0 aliphatic carbocycles. The van der Waals surface area contributed by atoms with Crippen LogP contribution in [0.1, 0.15) is 17.2 Å². The molecule has 11 heteroatoms. The Morgan fingerprint density at radius 1 is 1.00 bits per heavy atom. The normalized spacial score (nSPS) is 15.2. The highest BCUT2D eigenvalue weighted by Crippen LogP contribution is 2.38. The van der Waals surface area contributed by atoms with E-state index in [1.807, 2.05) is 18.2 Å². The highest BCUT2D eigenvalue weighted by Gasteiger charge is 2.25. The summed E-state index contributed by atoms with van der Waals surface area (Å²) in [5.41, 5.74) is 2.59. The second-order valence-corrected chi connectivity index (χ2v) is 7.23. The number of cyclic esters (lactones) is 1. The molecule has 7 nitrogen and oxygen atoms in total. The van der Waals surface area contributed by atoms with Crippen molar-refractivity contribution in [2.75, 3.05) is 11.5 Å². The minimum Gasteiger partial charge on any atom is -0.447 e. The molecule has 0 spiro atoms. The van der Waals surface area contributed by atoms with Gasteiger partial charge in [-0.05, 0) is 41.5 Å². The number of anilines is 2. The van der Waals surface area contributed by atoms with E-state index in [2.05, 4.69) is 19.8 Å². The van der Waals surface area contributed by atoms with Crippen LogP contribution >= 0.6 is 0 Å². The molecule has 1 N–H and O–H groups in total. The van der Waals surface area contributed by atoms with Crippen molar-refractivity contribution in [2.24, 2.45) is 0 Å². The number of carbonyl (C=O) groups is 1. The highest BCUT2D eigenvalue weighted by atomic mass is 19.3. The van der Waals surface area contributed by atoms with Crippen molar-refractivity contribution in [3.63, 3.8) is 0 Å². The Kier molecular flexibility index (Phi) is 7.00. The standard InChI is InChI=1S/C23H19F4N3O4/c24-21(25)33-19-7-6-17(10-20(19)34-22(26)27)30(12-14-3-2-8-28-11-14)16-5-1-4-15(9-16)18-13-32-23(31)29-18/h1-11,18,21-22H,12-13H2,(H,29,31). The summed E-state index contributed by atoms with van der Waals surface area (Å²) in [4.78, 5) is 17.3.